The zero-order chi connectivity index (χ0) is 41.9. The van der Waals surface area contributed by atoms with Crippen LogP contribution in [0, 0.1) is 20.8 Å². The number of hydrogen-bond acceptors (Lipinski definition) is 5. The average molecular weight is 771 g/mol. The van der Waals surface area contributed by atoms with Gasteiger partial charge in [-0.05, 0) is 118 Å². The molecule has 58 heavy (non-hydrogen) atoms. The maximum atomic E-state index is 6.76. The molecule has 0 spiro atoms. The Balaban J connectivity index is 1.29. The van der Waals surface area contributed by atoms with Crippen LogP contribution in [-0.2, 0) is 21.7 Å². The topological polar surface area (TPSA) is 49.4 Å². The normalized spacial score (nSPS) is 13.8. The number of fused-ring (bicyclic) bond motifs is 2. The van der Waals surface area contributed by atoms with E-state index in [1.165, 1.54) is 44.5 Å². The van der Waals surface area contributed by atoms with Crippen molar-refractivity contribution in [1.29, 1.82) is 0 Å². The third-order valence-electron chi connectivity index (χ3n) is 11.6. The van der Waals surface area contributed by atoms with Crippen LogP contribution in [0.5, 0.6) is 11.5 Å². The van der Waals surface area contributed by atoms with E-state index < -0.39 is 0 Å². The van der Waals surface area contributed by atoms with E-state index >= 15 is 0 Å². The molecular formula is C53H62N4O. The van der Waals surface area contributed by atoms with Crippen LogP contribution in [-0.4, -0.2) is 4.98 Å². The largest absolute Gasteiger partial charge is 0.457 e. The predicted molar refractivity (Wildman–Crippen MR) is 247 cm³/mol. The molecule has 6 aromatic rings. The van der Waals surface area contributed by atoms with E-state index in [4.69, 9.17) is 9.72 Å². The minimum Gasteiger partial charge on any atom is -0.457 e. The Bertz CT molecular complexity index is 2480. The maximum absolute atomic E-state index is 6.76. The summed E-state index contributed by atoms with van der Waals surface area (Å²) >= 11 is 0. The number of nitrogens with one attached hydrogen (secondary N) is 2. The Hall–Kier alpha value is -5.55. The summed E-state index contributed by atoms with van der Waals surface area (Å²) in [4.78, 5) is 7.25. The van der Waals surface area contributed by atoms with Crippen molar-refractivity contribution < 1.29 is 4.74 Å². The fourth-order valence-corrected chi connectivity index (χ4v) is 8.35. The van der Waals surface area contributed by atoms with E-state index in [0.717, 1.165) is 51.4 Å². The fraction of sp³-hybridized carbons (Fsp3) is 0.340. The molecule has 5 heteroatoms. The first-order chi connectivity index (χ1) is 27.1. The highest BCUT2D eigenvalue weighted by molar-refractivity contribution is 5.86. The highest BCUT2D eigenvalue weighted by atomic mass is 16.5. The Kier molecular flexibility index (Phi) is 10.3. The Labute approximate surface area is 347 Å². The molecule has 7 rings (SSSR count). The zero-order valence-electron chi connectivity index (χ0n) is 37.2. The summed E-state index contributed by atoms with van der Waals surface area (Å²) < 4.78 is 6.76. The van der Waals surface area contributed by atoms with Gasteiger partial charge in [-0.2, -0.15) is 0 Å². The van der Waals surface area contributed by atoms with Gasteiger partial charge in [0.15, 0.2) is 0 Å². The van der Waals surface area contributed by atoms with Gasteiger partial charge in [-0.3, -0.25) is 4.90 Å². The molecule has 0 unspecified atom stereocenters. The van der Waals surface area contributed by atoms with Crippen molar-refractivity contribution in [2.75, 3.05) is 15.5 Å². The number of pyridine rings is 1. The molecule has 0 saturated heterocycles. The first kappa shape index (κ1) is 40.6. The second kappa shape index (κ2) is 14.7. The average Bonchev–Trinajstić information content (AvgIpc) is 3.12. The number of anilines is 7. The van der Waals surface area contributed by atoms with E-state index in [2.05, 4.69) is 210 Å². The molecule has 5 nitrogen and oxygen atoms in total. The van der Waals surface area contributed by atoms with Gasteiger partial charge >= 0.3 is 0 Å². The number of aromatic nitrogens is 1. The molecule has 0 amide bonds. The minimum atomic E-state index is -0.221. The predicted octanol–water partition coefficient (Wildman–Crippen LogP) is 15.3. The zero-order valence-corrected chi connectivity index (χ0v) is 37.2. The second-order valence-electron chi connectivity index (χ2n) is 19.9. The van der Waals surface area contributed by atoms with Crippen LogP contribution in [0.3, 0.4) is 0 Å². The van der Waals surface area contributed by atoms with Crippen molar-refractivity contribution >= 4 is 39.9 Å². The number of para-hydroxylation sites is 1. The van der Waals surface area contributed by atoms with Gasteiger partial charge in [0.05, 0.1) is 22.7 Å². The third kappa shape index (κ3) is 7.97. The van der Waals surface area contributed by atoms with Crippen molar-refractivity contribution in [2.24, 2.45) is 0 Å². The van der Waals surface area contributed by atoms with Crippen LogP contribution in [0.15, 0.2) is 109 Å². The molecule has 0 bridgehead atoms. The van der Waals surface area contributed by atoms with E-state index in [1.54, 1.807) is 0 Å². The number of aryl methyl sites for hydroxylation is 3. The van der Waals surface area contributed by atoms with Gasteiger partial charge in [-0.1, -0.05) is 130 Å². The van der Waals surface area contributed by atoms with Crippen molar-refractivity contribution in [1.82, 2.24) is 4.98 Å². The van der Waals surface area contributed by atoms with Crippen molar-refractivity contribution in [3.63, 3.8) is 0 Å². The highest BCUT2D eigenvalue weighted by Gasteiger charge is 2.38. The Morgan fingerprint density at radius 3 is 1.90 bits per heavy atom. The van der Waals surface area contributed by atoms with Crippen LogP contribution in [0.25, 0.3) is 0 Å². The van der Waals surface area contributed by atoms with Crippen molar-refractivity contribution in [2.45, 2.75) is 119 Å². The number of hydrogen-bond donors (Lipinski definition) is 2. The molecule has 1 aliphatic heterocycles. The third-order valence-corrected chi connectivity index (χ3v) is 11.6. The summed E-state index contributed by atoms with van der Waals surface area (Å²) in [6.45, 7) is 31.6. The summed E-state index contributed by atoms with van der Waals surface area (Å²) in [7, 11) is 0. The van der Waals surface area contributed by atoms with E-state index in [0.29, 0.717) is 0 Å². The molecule has 2 heterocycles. The molecule has 1 aromatic heterocycles. The van der Waals surface area contributed by atoms with Crippen LogP contribution >= 0.6 is 0 Å². The summed E-state index contributed by atoms with van der Waals surface area (Å²) in [5.74, 6) is 2.41. The molecule has 0 saturated carbocycles. The number of ether oxygens (including phenoxy) is 1. The Morgan fingerprint density at radius 2 is 1.22 bits per heavy atom. The first-order valence-electron chi connectivity index (χ1n) is 20.7. The minimum absolute atomic E-state index is 0.0170. The molecule has 0 fully saturated rings. The lowest BCUT2D eigenvalue weighted by atomic mass is 9.73. The SMILES string of the molecule is Cc1cc(C)c(Nc2c(Nc3cccc(Oc4ccc5c(c4)N(c4cc(C(C)(C)C)ccn4)c4ccccc4C5(C)C)c3)cc(C(C)(C)C)cc2C(C)(C)C)c(C)c1. The van der Waals surface area contributed by atoms with E-state index in [-0.39, 0.29) is 21.7 Å². The number of rotatable bonds is 7. The van der Waals surface area contributed by atoms with Gasteiger partial charge in [0, 0.05) is 35.1 Å². The van der Waals surface area contributed by atoms with Crippen LogP contribution in [0.2, 0.25) is 0 Å². The summed E-state index contributed by atoms with van der Waals surface area (Å²) in [5.41, 5.74) is 16.0. The van der Waals surface area contributed by atoms with Crippen molar-refractivity contribution in [3.05, 3.63) is 154 Å². The Morgan fingerprint density at radius 1 is 0.569 bits per heavy atom. The monoisotopic (exact) mass is 770 g/mol. The lowest BCUT2D eigenvalue weighted by Gasteiger charge is -2.41. The van der Waals surface area contributed by atoms with Crippen LogP contribution in [0.4, 0.5) is 39.9 Å². The number of nitrogens with zero attached hydrogens (tertiary/aromatic N) is 2. The molecule has 0 aliphatic carbocycles. The molecule has 1 aliphatic rings. The van der Waals surface area contributed by atoms with Crippen molar-refractivity contribution in [3.8, 4) is 11.5 Å². The molecule has 0 atom stereocenters. The van der Waals surface area contributed by atoms with Gasteiger partial charge in [-0.15, -0.1) is 0 Å². The quantitative estimate of drug-likeness (QED) is 0.169. The lowest BCUT2D eigenvalue weighted by molar-refractivity contribution is 0.482. The molecule has 300 valence electrons. The second-order valence-corrected chi connectivity index (χ2v) is 19.9. The van der Waals surface area contributed by atoms with E-state index in [9.17, 15) is 0 Å². The van der Waals surface area contributed by atoms with Gasteiger partial charge in [0.1, 0.15) is 17.3 Å². The number of benzene rings is 5. The summed E-state index contributed by atoms with van der Waals surface area (Å²) in [6, 6.07) is 37.0. The summed E-state index contributed by atoms with van der Waals surface area (Å²) in [6.07, 6.45) is 1.93. The molecule has 2 N–H and O–H groups in total. The molecular weight excluding hydrogens is 709 g/mol. The van der Waals surface area contributed by atoms with Gasteiger partial charge in [0.25, 0.3) is 0 Å². The molecule has 5 aromatic carbocycles. The standard InChI is InChI=1S/C53H62N4O/c1-33-26-34(2)48(35(3)27-33)56-49-43(52(10,11)12)28-37(51(7,8)9)29-44(49)55-38-18-17-19-39(31-38)58-40-22-23-42-46(32-40)57(45-21-16-15-20-41(45)53(42,13)14)47-30-36(24-25-54-47)50(4,5)6/h15-32,55-56H,1-14H3. The van der Waals surface area contributed by atoms with Gasteiger partial charge in [0.2, 0.25) is 0 Å². The first-order valence-corrected chi connectivity index (χ1v) is 20.7. The lowest BCUT2D eigenvalue weighted by Crippen LogP contribution is -2.31. The maximum Gasteiger partial charge on any atom is 0.137 e. The van der Waals surface area contributed by atoms with E-state index in [1.807, 2.05) is 12.3 Å². The van der Waals surface area contributed by atoms with Crippen LogP contribution < -0.4 is 20.3 Å². The highest BCUT2D eigenvalue weighted by Crippen LogP contribution is 2.53. The smallest absolute Gasteiger partial charge is 0.137 e. The molecule has 0 radical (unpaired) electrons. The fourth-order valence-electron chi connectivity index (χ4n) is 8.35. The van der Waals surface area contributed by atoms with Gasteiger partial charge < -0.3 is 15.4 Å². The van der Waals surface area contributed by atoms with Gasteiger partial charge in [-0.25, -0.2) is 4.98 Å². The summed E-state index contributed by atoms with van der Waals surface area (Å²) in [5, 5.41) is 7.79. The van der Waals surface area contributed by atoms with Crippen LogP contribution in [0.1, 0.15) is 121 Å².